The standard InChI is InChI=1S/C21H21ClN2O4/c1-13-4-3-5-18(14(13)2)24-11-15(10-20(24)26)21(27)28-12-19(25)23-17-8-6-16(22)7-9-17/h3-9,15H,10-12H2,1-2H3,(H,23,25)/t15-/m1/s1. The zero-order valence-corrected chi connectivity index (χ0v) is 16.5. The molecule has 0 bridgehead atoms. The first-order chi connectivity index (χ1) is 13.3. The minimum absolute atomic E-state index is 0.0744. The fraction of sp³-hybridized carbons (Fsp3) is 0.286. The Balaban J connectivity index is 1.55. The normalized spacial score (nSPS) is 16.2. The fourth-order valence-electron chi connectivity index (χ4n) is 3.11. The molecule has 0 spiro atoms. The van der Waals surface area contributed by atoms with Crippen LogP contribution < -0.4 is 10.2 Å². The molecular weight excluding hydrogens is 380 g/mol. The molecule has 1 fully saturated rings. The van der Waals surface area contributed by atoms with E-state index in [1.54, 1.807) is 29.2 Å². The van der Waals surface area contributed by atoms with E-state index in [4.69, 9.17) is 16.3 Å². The first kappa shape index (κ1) is 19.9. The van der Waals surface area contributed by atoms with Gasteiger partial charge in [-0.05, 0) is 55.3 Å². The number of ether oxygens (including phenoxy) is 1. The summed E-state index contributed by atoms with van der Waals surface area (Å²) in [7, 11) is 0. The SMILES string of the molecule is Cc1cccc(N2C[C@H](C(=O)OCC(=O)Nc3ccc(Cl)cc3)CC2=O)c1C. The Bertz CT molecular complexity index is 911. The van der Waals surface area contributed by atoms with Gasteiger partial charge in [0.05, 0.1) is 5.92 Å². The Kier molecular flexibility index (Phi) is 5.99. The highest BCUT2D eigenvalue weighted by Gasteiger charge is 2.37. The lowest BCUT2D eigenvalue weighted by atomic mass is 10.1. The lowest BCUT2D eigenvalue weighted by molar-refractivity contribution is -0.151. The second kappa shape index (κ2) is 8.44. The van der Waals surface area contributed by atoms with Crippen LogP contribution in [0.4, 0.5) is 11.4 Å². The van der Waals surface area contributed by atoms with Gasteiger partial charge in [-0.1, -0.05) is 23.7 Å². The van der Waals surface area contributed by atoms with Gasteiger partial charge >= 0.3 is 5.97 Å². The molecule has 1 aliphatic rings. The Morgan fingerprint density at radius 3 is 2.61 bits per heavy atom. The van der Waals surface area contributed by atoms with Crippen molar-refractivity contribution in [3.8, 4) is 0 Å². The molecular formula is C21H21ClN2O4. The van der Waals surface area contributed by atoms with E-state index in [0.29, 0.717) is 10.7 Å². The molecule has 0 aromatic heterocycles. The molecule has 1 saturated heterocycles. The number of hydrogen-bond donors (Lipinski definition) is 1. The number of esters is 1. The number of aryl methyl sites for hydroxylation is 1. The number of nitrogens with zero attached hydrogens (tertiary/aromatic N) is 1. The smallest absolute Gasteiger partial charge is 0.311 e. The largest absolute Gasteiger partial charge is 0.455 e. The summed E-state index contributed by atoms with van der Waals surface area (Å²) in [5.41, 5.74) is 3.45. The van der Waals surface area contributed by atoms with Crippen molar-refractivity contribution >= 4 is 40.8 Å². The molecule has 6 nitrogen and oxygen atoms in total. The number of amides is 2. The van der Waals surface area contributed by atoms with E-state index in [1.165, 1.54) is 0 Å². The topological polar surface area (TPSA) is 75.7 Å². The van der Waals surface area contributed by atoms with Crippen LogP contribution >= 0.6 is 11.6 Å². The van der Waals surface area contributed by atoms with Crippen molar-refractivity contribution in [2.24, 2.45) is 5.92 Å². The van der Waals surface area contributed by atoms with Crippen molar-refractivity contribution < 1.29 is 19.1 Å². The van der Waals surface area contributed by atoms with Crippen molar-refractivity contribution in [1.82, 2.24) is 0 Å². The summed E-state index contributed by atoms with van der Waals surface area (Å²) < 4.78 is 5.11. The van der Waals surface area contributed by atoms with Gasteiger partial charge < -0.3 is 15.0 Å². The molecule has 7 heteroatoms. The fourth-order valence-corrected chi connectivity index (χ4v) is 3.24. The van der Waals surface area contributed by atoms with Crippen molar-refractivity contribution in [3.63, 3.8) is 0 Å². The van der Waals surface area contributed by atoms with Gasteiger partial charge in [0.2, 0.25) is 5.91 Å². The lowest BCUT2D eigenvalue weighted by Gasteiger charge is -2.20. The minimum Gasteiger partial charge on any atom is -0.455 e. The first-order valence-corrected chi connectivity index (χ1v) is 9.31. The van der Waals surface area contributed by atoms with E-state index >= 15 is 0 Å². The van der Waals surface area contributed by atoms with E-state index < -0.39 is 24.4 Å². The van der Waals surface area contributed by atoms with Crippen LogP contribution in [0.5, 0.6) is 0 Å². The van der Waals surface area contributed by atoms with Crippen LogP contribution in [0.2, 0.25) is 5.02 Å². The lowest BCUT2D eigenvalue weighted by Crippen LogP contribution is -2.28. The molecule has 0 saturated carbocycles. The maximum atomic E-state index is 12.4. The molecule has 1 N–H and O–H groups in total. The second-order valence-electron chi connectivity index (χ2n) is 6.79. The Morgan fingerprint density at radius 1 is 1.18 bits per heavy atom. The predicted octanol–water partition coefficient (Wildman–Crippen LogP) is 3.49. The van der Waals surface area contributed by atoms with Gasteiger partial charge in [-0.25, -0.2) is 0 Å². The number of carbonyl (C=O) groups is 3. The zero-order chi connectivity index (χ0) is 20.3. The third kappa shape index (κ3) is 4.51. The van der Waals surface area contributed by atoms with Crippen LogP contribution in [0.15, 0.2) is 42.5 Å². The summed E-state index contributed by atoms with van der Waals surface area (Å²) in [6.45, 7) is 3.77. The molecule has 146 valence electrons. The number of rotatable bonds is 5. The van der Waals surface area contributed by atoms with Gasteiger partial charge in [0.25, 0.3) is 5.91 Å². The Hall–Kier alpha value is -2.86. The van der Waals surface area contributed by atoms with Crippen molar-refractivity contribution in [2.45, 2.75) is 20.3 Å². The maximum Gasteiger partial charge on any atom is 0.311 e. The maximum absolute atomic E-state index is 12.4. The molecule has 2 aromatic rings. The van der Waals surface area contributed by atoms with Gasteiger partial charge in [-0.3, -0.25) is 14.4 Å². The summed E-state index contributed by atoms with van der Waals surface area (Å²) in [5, 5.41) is 3.18. The molecule has 2 aromatic carbocycles. The summed E-state index contributed by atoms with van der Waals surface area (Å²) in [5.74, 6) is -1.71. The molecule has 0 aliphatic carbocycles. The van der Waals surface area contributed by atoms with Gasteiger partial charge in [-0.15, -0.1) is 0 Å². The second-order valence-corrected chi connectivity index (χ2v) is 7.22. The van der Waals surface area contributed by atoms with Crippen molar-refractivity contribution in [1.29, 1.82) is 0 Å². The average Bonchev–Trinajstić information content (AvgIpc) is 3.05. The van der Waals surface area contributed by atoms with Gasteiger partial charge in [0.15, 0.2) is 6.61 Å². The van der Waals surface area contributed by atoms with Gasteiger partial charge in [0.1, 0.15) is 0 Å². The monoisotopic (exact) mass is 400 g/mol. The molecule has 28 heavy (non-hydrogen) atoms. The summed E-state index contributed by atoms with van der Waals surface area (Å²) in [6.07, 6.45) is 0.0744. The van der Waals surface area contributed by atoms with E-state index in [9.17, 15) is 14.4 Å². The molecule has 1 atom stereocenters. The average molecular weight is 401 g/mol. The van der Waals surface area contributed by atoms with E-state index in [1.807, 2.05) is 32.0 Å². The number of hydrogen-bond acceptors (Lipinski definition) is 4. The highest BCUT2D eigenvalue weighted by Crippen LogP contribution is 2.29. The quantitative estimate of drug-likeness (QED) is 0.779. The van der Waals surface area contributed by atoms with Crippen molar-refractivity contribution in [3.05, 3.63) is 58.6 Å². The molecule has 1 aliphatic heterocycles. The number of nitrogens with one attached hydrogen (secondary N) is 1. The molecule has 1 heterocycles. The number of halogens is 1. The van der Waals surface area contributed by atoms with Gasteiger partial charge in [-0.2, -0.15) is 0 Å². The highest BCUT2D eigenvalue weighted by molar-refractivity contribution is 6.30. The van der Waals surface area contributed by atoms with Crippen LogP contribution in [-0.2, 0) is 19.1 Å². The molecule has 0 radical (unpaired) electrons. The molecule has 3 rings (SSSR count). The summed E-state index contributed by atoms with van der Waals surface area (Å²) >= 11 is 5.80. The molecule has 2 amide bonds. The first-order valence-electron chi connectivity index (χ1n) is 8.94. The Morgan fingerprint density at radius 2 is 1.89 bits per heavy atom. The summed E-state index contributed by atoms with van der Waals surface area (Å²) in [4.78, 5) is 38.3. The Labute approximate surface area is 168 Å². The zero-order valence-electron chi connectivity index (χ0n) is 15.7. The number of benzene rings is 2. The van der Waals surface area contributed by atoms with E-state index in [2.05, 4.69) is 5.32 Å². The van der Waals surface area contributed by atoms with Crippen LogP contribution in [0, 0.1) is 19.8 Å². The van der Waals surface area contributed by atoms with Crippen LogP contribution in [-0.4, -0.2) is 30.9 Å². The van der Waals surface area contributed by atoms with Crippen LogP contribution in [0.25, 0.3) is 0 Å². The number of anilines is 2. The highest BCUT2D eigenvalue weighted by atomic mass is 35.5. The molecule has 0 unspecified atom stereocenters. The number of carbonyl (C=O) groups excluding carboxylic acids is 3. The van der Waals surface area contributed by atoms with Gasteiger partial charge in [0, 0.05) is 29.4 Å². The summed E-state index contributed by atoms with van der Waals surface area (Å²) in [6, 6.07) is 12.3. The van der Waals surface area contributed by atoms with E-state index in [-0.39, 0.29) is 18.9 Å². The third-order valence-electron chi connectivity index (χ3n) is 4.80. The predicted molar refractivity (Wildman–Crippen MR) is 107 cm³/mol. The minimum atomic E-state index is -0.587. The van der Waals surface area contributed by atoms with Crippen LogP contribution in [0.1, 0.15) is 17.5 Å². The van der Waals surface area contributed by atoms with Crippen molar-refractivity contribution in [2.75, 3.05) is 23.4 Å². The van der Waals surface area contributed by atoms with E-state index in [0.717, 1.165) is 16.8 Å². The van der Waals surface area contributed by atoms with Crippen LogP contribution in [0.3, 0.4) is 0 Å². The third-order valence-corrected chi connectivity index (χ3v) is 5.05.